The third-order valence-electron chi connectivity index (χ3n) is 8.49. The molecule has 1 saturated carbocycles. The molecule has 15 heteroatoms. The second kappa shape index (κ2) is 12.1. The molecular formula is C29H35F4N5O5S. The van der Waals surface area contributed by atoms with Crippen LogP contribution in [-0.2, 0) is 19.6 Å². The van der Waals surface area contributed by atoms with Crippen LogP contribution in [0.5, 0.6) is 0 Å². The van der Waals surface area contributed by atoms with Crippen LogP contribution in [0.1, 0.15) is 48.5 Å². The van der Waals surface area contributed by atoms with Gasteiger partial charge in [0.25, 0.3) is 11.8 Å². The van der Waals surface area contributed by atoms with Crippen LogP contribution in [0.4, 0.5) is 40.6 Å². The molecule has 10 nitrogen and oxygen atoms in total. The number of nitrogens with one attached hydrogen (secondary N) is 2. The van der Waals surface area contributed by atoms with Gasteiger partial charge in [-0.3, -0.25) is 14.3 Å². The maximum absolute atomic E-state index is 13.7. The van der Waals surface area contributed by atoms with Crippen molar-refractivity contribution in [1.29, 1.82) is 0 Å². The first-order valence-corrected chi connectivity index (χ1v) is 16.1. The van der Waals surface area contributed by atoms with E-state index >= 15 is 0 Å². The molecule has 1 aromatic heterocycles. The Morgan fingerprint density at radius 2 is 1.80 bits per heavy atom. The summed E-state index contributed by atoms with van der Waals surface area (Å²) in [5, 5.41) is 2.76. The molecule has 2 N–H and O–H groups in total. The predicted octanol–water partition coefficient (Wildman–Crippen LogP) is 4.66. The third-order valence-corrected chi connectivity index (χ3v) is 9.65. The molecule has 0 spiro atoms. The number of carbonyl (C=O) groups is 2. The maximum Gasteiger partial charge on any atom is 0.323 e. The molecule has 0 radical (unpaired) electrons. The van der Waals surface area contributed by atoms with E-state index in [2.05, 4.69) is 15.0 Å². The first-order valence-electron chi connectivity index (χ1n) is 14.5. The van der Waals surface area contributed by atoms with Crippen LogP contribution in [0.3, 0.4) is 0 Å². The van der Waals surface area contributed by atoms with Crippen molar-refractivity contribution in [2.24, 2.45) is 11.3 Å². The van der Waals surface area contributed by atoms with E-state index in [0.29, 0.717) is 17.9 Å². The number of aryl methyl sites for hydroxylation is 1. The van der Waals surface area contributed by atoms with Gasteiger partial charge in [0.2, 0.25) is 16.4 Å². The largest absolute Gasteiger partial charge is 0.465 e. The maximum atomic E-state index is 13.7. The van der Waals surface area contributed by atoms with Crippen LogP contribution in [0, 0.1) is 18.3 Å². The summed E-state index contributed by atoms with van der Waals surface area (Å²) in [6, 6.07) is 7.62. The van der Waals surface area contributed by atoms with Crippen molar-refractivity contribution in [1.82, 2.24) is 4.98 Å². The lowest BCUT2D eigenvalue weighted by Crippen LogP contribution is -2.39. The lowest BCUT2D eigenvalue weighted by molar-refractivity contribution is -0.139. The van der Waals surface area contributed by atoms with Gasteiger partial charge in [-0.05, 0) is 68.5 Å². The lowest BCUT2D eigenvalue weighted by Gasteiger charge is -2.34. The second-order valence-electron chi connectivity index (χ2n) is 11.7. The quantitative estimate of drug-likeness (QED) is 0.284. The molecule has 2 aliphatic heterocycles. The topological polar surface area (TPSA) is 121 Å². The Balaban J connectivity index is 1.40. The van der Waals surface area contributed by atoms with Gasteiger partial charge in [0.1, 0.15) is 11.6 Å². The van der Waals surface area contributed by atoms with E-state index in [1.165, 1.54) is 18.2 Å². The van der Waals surface area contributed by atoms with Crippen LogP contribution in [0.2, 0.25) is 0 Å². The van der Waals surface area contributed by atoms with Gasteiger partial charge in [-0.2, -0.15) is 0 Å². The van der Waals surface area contributed by atoms with Gasteiger partial charge >= 0.3 is 5.97 Å². The fraction of sp³-hybridized carbons (Fsp3) is 0.552. The van der Waals surface area contributed by atoms with Gasteiger partial charge in [0.05, 0.1) is 23.5 Å². The minimum absolute atomic E-state index is 0.0177. The number of benzene rings is 1. The number of esters is 1. The van der Waals surface area contributed by atoms with Crippen LogP contribution < -0.4 is 19.8 Å². The molecule has 240 valence electrons. The molecule has 3 fully saturated rings. The highest BCUT2D eigenvalue weighted by Crippen LogP contribution is 2.61. The average molecular weight is 642 g/mol. The van der Waals surface area contributed by atoms with Gasteiger partial charge in [0.15, 0.2) is 5.75 Å². The van der Waals surface area contributed by atoms with Gasteiger partial charge in [-0.1, -0.05) is 0 Å². The molecular weight excluding hydrogens is 606 g/mol. The molecule has 1 aliphatic carbocycles. The fourth-order valence-electron chi connectivity index (χ4n) is 5.99. The van der Waals surface area contributed by atoms with E-state index in [1.807, 2.05) is 0 Å². The number of amides is 1. The highest BCUT2D eigenvalue weighted by molar-refractivity contribution is 7.93. The molecule has 1 amide bonds. The number of carbonyl (C=O) groups excluding carboxylic acids is 2. The highest BCUT2D eigenvalue weighted by Gasteiger charge is 2.62. The van der Waals surface area contributed by atoms with E-state index < -0.39 is 45.4 Å². The zero-order valence-corrected chi connectivity index (χ0v) is 25.2. The standard InChI is InChI=1S/C29H35F4N5O5S/c1-3-43-25(39)17-44(41,42)36-20-4-5-21(22(14-20)38-9-6-28(27(30)31)15-19(28)16-38)26(40)35-23-12-18(2)13-24(34-23)37-10-7-29(32,33)8-11-37/h4-5,12-14,19,27,36H,3,6-11,15-17H2,1-2H3,(H,34,35,40)/t19-,28+/m0/s1. The van der Waals surface area contributed by atoms with Crippen LogP contribution in [0.15, 0.2) is 30.3 Å². The summed E-state index contributed by atoms with van der Waals surface area (Å²) < 4.78 is 87.1. The molecule has 3 aliphatic rings. The predicted molar refractivity (Wildman–Crippen MR) is 157 cm³/mol. The van der Waals surface area contributed by atoms with E-state index in [-0.39, 0.29) is 75.0 Å². The number of aromatic nitrogens is 1. The number of piperidine rings is 2. The number of pyridine rings is 1. The van der Waals surface area contributed by atoms with Crippen molar-refractivity contribution in [3.05, 3.63) is 41.5 Å². The van der Waals surface area contributed by atoms with Crippen molar-refractivity contribution in [2.75, 3.05) is 58.4 Å². The summed E-state index contributed by atoms with van der Waals surface area (Å²) >= 11 is 0. The minimum Gasteiger partial charge on any atom is -0.465 e. The Labute approximate surface area is 253 Å². The van der Waals surface area contributed by atoms with Gasteiger partial charge in [-0.15, -0.1) is 0 Å². The molecule has 44 heavy (non-hydrogen) atoms. The molecule has 0 unspecified atom stereocenters. The Morgan fingerprint density at radius 3 is 2.45 bits per heavy atom. The van der Waals surface area contributed by atoms with Crippen molar-refractivity contribution < 1.29 is 40.3 Å². The number of hydrogen-bond acceptors (Lipinski definition) is 8. The van der Waals surface area contributed by atoms with Crippen molar-refractivity contribution in [3.63, 3.8) is 0 Å². The first kappa shape index (κ1) is 31.8. The Hall–Kier alpha value is -3.62. The number of sulfonamides is 1. The summed E-state index contributed by atoms with van der Waals surface area (Å²) in [4.78, 5) is 33.4. The monoisotopic (exact) mass is 641 g/mol. The molecule has 2 saturated heterocycles. The summed E-state index contributed by atoms with van der Waals surface area (Å²) in [5.74, 6) is -4.74. The van der Waals surface area contributed by atoms with Crippen molar-refractivity contribution in [3.8, 4) is 0 Å². The lowest BCUT2D eigenvalue weighted by atomic mass is 9.95. The van der Waals surface area contributed by atoms with Crippen LogP contribution in [0.25, 0.3) is 0 Å². The Morgan fingerprint density at radius 1 is 1.09 bits per heavy atom. The number of rotatable bonds is 10. The van der Waals surface area contributed by atoms with Crippen molar-refractivity contribution >= 4 is 44.9 Å². The minimum atomic E-state index is -4.14. The van der Waals surface area contributed by atoms with E-state index in [9.17, 15) is 35.6 Å². The third kappa shape index (κ3) is 7.02. The number of ether oxygens (including phenoxy) is 1. The van der Waals surface area contributed by atoms with Crippen molar-refractivity contribution in [2.45, 2.75) is 51.9 Å². The fourth-order valence-corrected chi connectivity index (χ4v) is 6.94. The normalized spacial score (nSPS) is 22.8. The number of fused-ring (bicyclic) bond motifs is 1. The van der Waals surface area contributed by atoms with Crippen LogP contribution >= 0.6 is 0 Å². The Bertz CT molecular complexity index is 1530. The zero-order chi connectivity index (χ0) is 31.9. The SMILES string of the molecule is CCOC(=O)CS(=O)(=O)Nc1ccc(C(=O)Nc2cc(C)cc(N3CCC(F)(F)CC3)n2)c(N2CC[C@@]3(C(F)F)C[C@H]3C2)c1. The molecule has 3 heterocycles. The summed E-state index contributed by atoms with van der Waals surface area (Å²) in [6.07, 6.45) is -2.47. The molecule has 2 atom stereocenters. The van der Waals surface area contributed by atoms with Gasteiger partial charge < -0.3 is 19.9 Å². The summed E-state index contributed by atoms with van der Waals surface area (Å²) in [7, 11) is -4.14. The number of hydrogen-bond donors (Lipinski definition) is 2. The Kier molecular flexibility index (Phi) is 8.71. The zero-order valence-electron chi connectivity index (χ0n) is 24.4. The molecule has 1 aromatic carbocycles. The number of alkyl halides is 4. The van der Waals surface area contributed by atoms with Gasteiger partial charge in [-0.25, -0.2) is 31.0 Å². The number of nitrogens with zero attached hydrogens (tertiary/aromatic N) is 3. The van der Waals surface area contributed by atoms with E-state index in [4.69, 9.17) is 4.74 Å². The molecule has 0 bridgehead atoms. The van der Waals surface area contributed by atoms with E-state index in [1.54, 1.807) is 35.8 Å². The first-order chi connectivity index (χ1) is 20.7. The van der Waals surface area contributed by atoms with E-state index in [0.717, 1.165) is 5.56 Å². The smallest absolute Gasteiger partial charge is 0.323 e. The van der Waals surface area contributed by atoms with Gasteiger partial charge in [0, 0.05) is 44.4 Å². The number of halogens is 4. The summed E-state index contributed by atoms with van der Waals surface area (Å²) in [6.45, 7) is 4.08. The average Bonchev–Trinajstić information content (AvgIpc) is 3.68. The highest BCUT2D eigenvalue weighted by atomic mass is 32.2. The van der Waals surface area contributed by atoms with Crippen LogP contribution in [-0.4, -0.2) is 76.2 Å². The number of anilines is 4. The second-order valence-corrected chi connectivity index (χ2v) is 13.4. The molecule has 2 aromatic rings. The summed E-state index contributed by atoms with van der Waals surface area (Å²) in [5.41, 5.74) is 0.297. The molecule has 5 rings (SSSR count).